The van der Waals surface area contributed by atoms with Crippen LogP contribution in [-0.4, -0.2) is 54.4 Å². The summed E-state index contributed by atoms with van der Waals surface area (Å²) >= 11 is 1.26. The number of rotatable bonds is 9. The summed E-state index contributed by atoms with van der Waals surface area (Å²) in [6, 6.07) is 16.7. The van der Waals surface area contributed by atoms with Gasteiger partial charge < -0.3 is 15.0 Å². The first kappa shape index (κ1) is 27.4. The van der Waals surface area contributed by atoms with Gasteiger partial charge in [0.25, 0.3) is 11.5 Å². The Kier molecular flexibility index (Phi) is 8.89. The lowest BCUT2D eigenvalue weighted by atomic mass is 10.1. The first-order chi connectivity index (χ1) is 16.8. The number of fused-ring (bicyclic) bond motifs is 3. The summed E-state index contributed by atoms with van der Waals surface area (Å²) in [4.78, 5) is 42.1. The highest BCUT2D eigenvalue weighted by Crippen LogP contribution is 2.40. The van der Waals surface area contributed by atoms with E-state index in [0.717, 1.165) is 5.39 Å². The van der Waals surface area contributed by atoms with E-state index >= 15 is 0 Å². The summed E-state index contributed by atoms with van der Waals surface area (Å²) in [5.41, 5.74) is 0.833. The SMILES string of the molecule is COc1c(C(=O)N(C)CCNC(C)C)sc2c1c(=O)n(CC(=O)c1ccccc1)c1ccccc21.Cl. The lowest BCUT2D eigenvalue weighted by Gasteiger charge is -2.18. The lowest BCUT2D eigenvalue weighted by Crippen LogP contribution is -2.36. The van der Waals surface area contributed by atoms with Crippen LogP contribution in [0.25, 0.3) is 21.0 Å². The molecule has 0 aliphatic carbocycles. The summed E-state index contributed by atoms with van der Waals surface area (Å²) in [5, 5.41) is 4.43. The van der Waals surface area contributed by atoms with Crippen LogP contribution in [0.2, 0.25) is 0 Å². The highest BCUT2D eigenvalue weighted by atomic mass is 35.5. The number of para-hydroxylation sites is 1. The zero-order chi connectivity index (χ0) is 25.1. The maximum absolute atomic E-state index is 13.7. The Bertz CT molecular complexity index is 1450. The quantitative estimate of drug-likeness (QED) is 0.322. The number of benzene rings is 2. The summed E-state index contributed by atoms with van der Waals surface area (Å²) in [6.07, 6.45) is 0. The molecule has 0 aliphatic rings. The number of nitrogens with zero attached hydrogens (tertiary/aromatic N) is 2. The number of nitrogens with one attached hydrogen (secondary N) is 1. The van der Waals surface area contributed by atoms with Gasteiger partial charge in [-0.3, -0.25) is 19.0 Å². The van der Waals surface area contributed by atoms with Crippen molar-refractivity contribution in [3.63, 3.8) is 0 Å². The Hall–Kier alpha value is -3.20. The van der Waals surface area contributed by atoms with E-state index < -0.39 is 0 Å². The van der Waals surface area contributed by atoms with E-state index in [1.807, 2.05) is 30.3 Å². The molecule has 2 aromatic carbocycles. The molecule has 0 fully saturated rings. The zero-order valence-electron chi connectivity index (χ0n) is 20.7. The van der Waals surface area contributed by atoms with Gasteiger partial charge in [-0.1, -0.05) is 62.4 Å². The molecule has 190 valence electrons. The molecule has 9 heteroatoms. The van der Waals surface area contributed by atoms with Crippen molar-refractivity contribution in [2.24, 2.45) is 0 Å². The molecular weight excluding hydrogens is 498 g/mol. The van der Waals surface area contributed by atoms with E-state index in [0.29, 0.717) is 45.2 Å². The van der Waals surface area contributed by atoms with E-state index in [1.54, 1.807) is 36.2 Å². The van der Waals surface area contributed by atoms with Crippen molar-refractivity contribution in [2.75, 3.05) is 27.2 Å². The monoisotopic (exact) mass is 527 g/mol. The Morgan fingerprint density at radius 3 is 2.42 bits per heavy atom. The summed E-state index contributed by atoms with van der Waals surface area (Å²) in [5.74, 6) is -0.112. The second-order valence-corrected chi connectivity index (χ2v) is 9.72. The topological polar surface area (TPSA) is 80.6 Å². The molecule has 4 rings (SSSR count). The number of hydrogen-bond acceptors (Lipinski definition) is 6. The van der Waals surface area contributed by atoms with Gasteiger partial charge in [-0.15, -0.1) is 23.7 Å². The molecule has 0 saturated heterocycles. The highest BCUT2D eigenvalue weighted by Gasteiger charge is 2.27. The largest absolute Gasteiger partial charge is 0.494 e. The van der Waals surface area contributed by atoms with Gasteiger partial charge in [0.1, 0.15) is 10.3 Å². The van der Waals surface area contributed by atoms with Crippen molar-refractivity contribution in [1.29, 1.82) is 0 Å². The first-order valence-electron chi connectivity index (χ1n) is 11.5. The van der Waals surface area contributed by atoms with Gasteiger partial charge in [0, 0.05) is 37.1 Å². The van der Waals surface area contributed by atoms with Gasteiger partial charge in [-0.2, -0.15) is 0 Å². The van der Waals surface area contributed by atoms with Gasteiger partial charge in [0.05, 0.1) is 23.9 Å². The molecule has 0 saturated carbocycles. The molecule has 1 amide bonds. The number of hydrogen-bond donors (Lipinski definition) is 1. The minimum absolute atomic E-state index is 0. The molecule has 0 bridgehead atoms. The fraction of sp³-hybridized carbons (Fsp3) is 0.296. The molecule has 0 unspecified atom stereocenters. The number of thiophene rings is 1. The van der Waals surface area contributed by atoms with Crippen LogP contribution in [-0.2, 0) is 6.54 Å². The molecule has 0 radical (unpaired) electrons. The zero-order valence-corrected chi connectivity index (χ0v) is 22.4. The average molecular weight is 528 g/mol. The number of carbonyl (C=O) groups excluding carboxylic acids is 2. The Labute approximate surface area is 220 Å². The van der Waals surface area contributed by atoms with Gasteiger partial charge in [0.15, 0.2) is 11.5 Å². The van der Waals surface area contributed by atoms with Gasteiger partial charge in [0.2, 0.25) is 0 Å². The lowest BCUT2D eigenvalue weighted by molar-refractivity contribution is 0.0797. The van der Waals surface area contributed by atoms with E-state index in [2.05, 4.69) is 19.2 Å². The fourth-order valence-electron chi connectivity index (χ4n) is 4.09. The molecule has 36 heavy (non-hydrogen) atoms. The second-order valence-electron chi connectivity index (χ2n) is 8.70. The molecule has 1 N–H and O–H groups in total. The third-order valence-corrected chi connectivity index (χ3v) is 7.10. The van der Waals surface area contributed by atoms with Crippen LogP contribution in [0.5, 0.6) is 5.75 Å². The molecule has 0 spiro atoms. The maximum Gasteiger partial charge on any atom is 0.267 e. The van der Waals surface area contributed by atoms with Gasteiger partial charge in [-0.05, 0) is 6.07 Å². The van der Waals surface area contributed by atoms with Crippen molar-refractivity contribution >= 4 is 56.4 Å². The number of ether oxygens (including phenoxy) is 1. The molecule has 7 nitrogen and oxygen atoms in total. The molecule has 0 aliphatic heterocycles. The van der Waals surface area contributed by atoms with E-state index in [1.165, 1.54) is 23.0 Å². The van der Waals surface area contributed by atoms with Crippen LogP contribution >= 0.6 is 23.7 Å². The minimum atomic E-state index is -0.348. The summed E-state index contributed by atoms with van der Waals surface area (Å²) in [6.45, 7) is 5.17. The Morgan fingerprint density at radius 2 is 1.75 bits per heavy atom. The number of likely N-dealkylation sites (N-methyl/N-ethyl adjacent to an activating group) is 1. The van der Waals surface area contributed by atoms with Crippen molar-refractivity contribution in [1.82, 2.24) is 14.8 Å². The standard InChI is InChI=1S/C27H29N3O4S.ClH/c1-17(2)28-14-15-29(3)27(33)25-23(34-4)22-24(35-25)19-12-8-9-13-20(19)30(26(22)32)16-21(31)18-10-6-5-7-11-18;/h5-13,17,28H,14-16H2,1-4H3;1H. The minimum Gasteiger partial charge on any atom is -0.494 e. The van der Waals surface area contributed by atoms with Gasteiger partial charge >= 0.3 is 0 Å². The third-order valence-electron chi connectivity index (χ3n) is 5.91. The molecule has 2 heterocycles. The maximum atomic E-state index is 13.7. The second kappa shape index (κ2) is 11.7. The van der Waals surface area contributed by atoms with Crippen LogP contribution in [0, 0.1) is 0 Å². The first-order valence-corrected chi connectivity index (χ1v) is 12.3. The average Bonchev–Trinajstić information content (AvgIpc) is 3.26. The predicted octanol–water partition coefficient (Wildman–Crippen LogP) is 4.60. The number of aromatic nitrogens is 1. The van der Waals surface area contributed by atoms with Crippen molar-refractivity contribution in [3.05, 3.63) is 75.4 Å². The Morgan fingerprint density at radius 1 is 1.08 bits per heavy atom. The highest BCUT2D eigenvalue weighted by molar-refractivity contribution is 7.22. The van der Waals surface area contributed by atoms with E-state index in [-0.39, 0.29) is 42.0 Å². The summed E-state index contributed by atoms with van der Waals surface area (Å²) in [7, 11) is 3.20. The van der Waals surface area contributed by atoms with E-state index in [9.17, 15) is 14.4 Å². The molecule has 0 atom stereocenters. The molecule has 2 aromatic heterocycles. The predicted molar refractivity (Wildman–Crippen MR) is 148 cm³/mol. The number of methoxy groups -OCH3 is 1. The van der Waals surface area contributed by atoms with Crippen molar-refractivity contribution in [2.45, 2.75) is 26.4 Å². The number of amides is 1. The Balaban J connectivity index is 0.00000361. The third kappa shape index (κ3) is 5.31. The molecule has 4 aromatic rings. The summed E-state index contributed by atoms with van der Waals surface area (Å²) < 4.78 is 7.80. The number of Topliss-reactive ketones (excluding diaryl/α,β-unsaturated/α-hetero) is 1. The van der Waals surface area contributed by atoms with Crippen LogP contribution in [0.1, 0.15) is 33.9 Å². The number of carbonyl (C=O) groups is 2. The normalized spacial score (nSPS) is 11.0. The van der Waals surface area contributed by atoms with Crippen LogP contribution < -0.4 is 15.6 Å². The number of ketones is 1. The number of pyridine rings is 1. The van der Waals surface area contributed by atoms with E-state index in [4.69, 9.17) is 4.74 Å². The van der Waals surface area contributed by atoms with Crippen molar-refractivity contribution < 1.29 is 14.3 Å². The van der Waals surface area contributed by atoms with Crippen LogP contribution in [0.15, 0.2) is 59.4 Å². The van der Waals surface area contributed by atoms with Crippen molar-refractivity contribution in [3.8, 4) is 5.75 Å². The fourth-order valence-corrected chi connectivity index (χ4v) is 5.38. The van der Waals surface area contributed by atoms with Gasteiger partial charge in [-0.25, -0.2) is 0 Å². The molecular formula is C27H30ClN3O4S. The smallest absolute Gasteiger partial charge is 0.267 e. The van der Waals surface area contributed by atoms with Crippen LogP contribution in [0.4, 0.5) is 0 Å². The number of halogens is 1. The van der Waals surface area contributed by atoms with Crippen LogP contribution in [0.3, 0.4) is 0 Å².